The van der Waals surface area contributed by atoms with Crippen molar-refractivity contribution in [3.05, 3.63) is 11.9 Å². The molecule has 0 spiro atoms. The summed E-state index contributed by atoms with van der Waals surface area (Å²) in [4.78, 5) is 16.6. The number of hydrogen-bond donors (Lipinski definition) is 0. The van der Waals surface area contributed by atoms with Crippen LogP contribution in [0.2, 0.25) is 0 Å². The maximum absolute atomic E-state index is 12.3. The van der Waals surface area contributed by atoms with Crippen LogP contribution in [0.15, 0.2) is 6.20 Å². The fourth-order valence-electron chi connectivity index (χ4n) is 3.16. The molecule has 124 valence electrons. The van der Waals surface area contributed by atoms with Gasteiger partial charge in [-0.2, -0.15) is 0 Å². The Bertz CT molecular complexity index is 481. The van der Waals surface area contributed by atoms with Crippen LogP contribution in [0.3, 0.4) is 0 Å². The third-order valence-electron chi connectivity index (χ3n) is 4.26. The fraction of sp³-hybridized carbons (Fsp3) is 0.812. The molecule has 0 bridgehead atoms. The van der Waals surface area contributed by atoms with Crippen molar-refractivity contribution in [1.29, 1.82) is 0 Å². The van der Waals surface area contributed by atoms with Crippen LogP contribution in [0.5, 0.6) is 0 Å². The van der Waals surface area contributed by atoms with Gasteiger partial charge in [-0.3, -0.25) is 4.79 Å². The molecule has 2 heterocycles. The summed E-state index contributed by atoms with van der Waals surface area (Å²) in [6.07, 6.45) is 4.11. The minimum atomic E-state index is -0.0221. The molecule has 0 aromatic carbocycles. The van der Waals surface area contributed by atoms with Gasteiger partial charge in [0.1, 0.15) is 0 Å². The van der Waals surface area contributed by atoms with Gasteiger partial charge in [0, 0.05) is 26.2 Å². The number of carbonyl (C=O) groups is 1. The Morgan fingerprint density at radius 2 is 2.14 bits per heavy atom. The quantitative estimate of drug-likeness (QED) is 0.807. The van der Waals surface area contributed by atoms with E-state index in [1.54, 1.807) is 4.90 Å². The first-order valence-electron chi connectivity index (χ1n) is 8.48. The summed E-state index contributed by atoms with van der Waals surface area (Å²) < 4.78 is 1.89. The van der Waals surface area contributed by atoms with E-state index in [0.29, 0.717) is 30.7 Å². The summed E-state index contributed by atoms with van der Waals surface area (Å²) in [6.45, 7) is 13.2. The van der Waals surface area contributed by atoms with E-state index in [1.807, 2.05) is 24.7 Å². The van der Waals surface area contributed by atoms with E-state index < -0.39 is 0 Å². The standard InChI is InChI=1S/C16H29N5O/c1-5-20(6-2)16(22)15-12-21(18-17-15)14-8-7-9-19(11-14)10-13(3)4/h12-14H,5-11H2,1-4H3. The first-order valence-corrected chi connectivity index (χ1v) is 8.48. The van der Waals surface area contributed by atoms with Crippen LogP contribution in [0.25, 0.3) is 0 Å². The van der Waals surface area contributed by atoms with Crippen LogP contribution in [-0.4, -0.2) is 63.4 Å². The molecule has 22 heavy (non-hydrogen) atoms. The van der Waals surface area contributed by atoms with E-state index in [-0.39, 0.29) is 5.91 Å². The van der Waals surface area contributed by atoms with Gasteiger partial charge in [-0.05, 0) is 39.2 Å². The van der Waals surface area contributed by atoms with Gasteiger partial charge in [-0.25, -0.2) is 4.68 Å². The molecule has 0 aliphatic carbocycles. The van der Waals surface area contributed by atoms with Crippen LogP contribution in [-0.2, 0) is 0 Å². The molecule has 0 saturated carbocycles. The van der Waals surface area contributed by atoms with Crippen molar-refractivity contribution in [3.63, 3.8) is 0 Å². The summed E-state index contributed by atoms with van der Waals surface area (Å²) in [6, 6.07) is 0.332. The van der Waals surface area contributed by atoms with Crippen LogP contribution < -0.4 is 0 Å². The third kappa shape index (κ3) is 4.06. The zero-order valence-corrected chi connectivity index (χ0v) is 14.3. The van der Waals surface area contributed by atoms with Gasteiger partial charge in [-0.1, -0.05) is 19.1 Å². The summed E-state index contributed by atoms with van der Waals surface area (Å²) in [5.41, 5.74) is 0.463. The molecule has 1 unspecified atom stereocenters. The number of piperidine rings is 1. The van der Waals surface area contributed by atoms with E-state index in [4.69, 9.17) is 0 Å². The maximum atomic E-state index is 12.3. The highest BCUT2D eigenvalue weighted by Crippen LogP contribution is 2.21. The minimum absolute atomic E-state index is 0.0221. The van der Waals surface area contributed by atoms with Gasteiger partial charge in [0.2, 0.25) is 0 Å². The highest BCUT2D eigenvalue weighted by molar-refractivity contribution is 5.91. The summed E-state index contributed by atoms with van der Waals surface area (Å²) >= 11 is 0. The maximum Gasteiger partial charge on any atom is 0.276 e. The molecule has 1 atom stereocenters. The monoisotopic (exact) mass is 307 g/mol. The van der Waals surface area contributed by atoms with Crippen LogP contribution in [0, 0.1) is 5.92 Å². The van der Waals surface area contributed by atoms with Crippen molar-refractivity contribution < 1.29 is 4.79 Å². The molecular formula is C16H29N5O. The summed E-state index contributed by atoms with van der Waals surface area (Å²) in [7, 11) is 0. The number of carbonyl (C=O) groups excluding carboxylic acids is 1. The highest BCUT2D eigenvalue weighted by Gasteiger charge is 2.24. The summed E-state index contributed by atoms with van der Waals surface area (Å²) in [5.74, 6) is 0.653. The second-order valence-corrected chi connectivity index (χ2v) is 6.51. The first kappa shape index (κ1) is 16.9. The van der Waals surface area contributed by atoms with Crippen molar-refractivity contribution in [2.45, 2.75) is 46.6 Å². The molecular weight excluding hydrogens is 278 g/mol. The lowest BCUT2D eigenvalue weighted by atomic mass is 10.0. The number of aromatic nitrogens is 3. The second kappa shape index (κ2) is 7.72. The molecule has 1 aliphatic heterocycles. The van der Waals surface area contributed by atoms with Crippen LogP contribution in [0.1, 0.15) is 57.1 Å². The molecule has 1 fully saturated rings. The SMILES string of the molecule is CCN(CC)C(=O)c1cn(C2CCCN(CC(C)C)C2)nn1. The lowest BCUT2D eigenvalue weighted by molar-refractivity contribution is 0.0767. The first-order chi connectivity index (χ1) is 10.5. The van der Waals surface area contributed by atoms with Crippen molar-refractivity contribution in [3.8, 4) is 0 Å². The van der Waals surface area contributed by atoms with Crippen molar-refractivity contribution in [2.24, 2.45) is 5.92 Å². The Morgan fingerprint density at radius 3 is 2.77 bits per heavy atom. The van der Waals surface area contributed by atoms with E-state index in [0.717, 1.165) is 26.1 Å². The van der Waals surface area contributed by atoms with E-state index in [1.165, 1.54) is 6.42 Å². The molecule has 0 radical (unpaired) electrons. The second-order valence-electron chi connectivity index (χ2n) is 6.51. The lowest BCUT2D eigenvalue weighted by Gasteiger charge is -2.33. The Balaban J connectivity index is 2.03. The zero-order valence-electron chi connectivity index (χ0n) is 14.3. The molecule has 1 aromatic heterocycles. The zero-order chi connectivity index (χ0) is 16.1. The molecule has 1 amide bonds. The number of nitrogens with zero attached hydrogens (tertiary/aromatic N) is 5. The number of likely N-dealkylation sites (tertiary alicyclic amines) is 1. The van der Waals surface area contributed by atoms with Gasteiger partial charge in [0.15, 0.2) is 5.69 Å². The van der Waals surface area contributed by atoms with Gasteiger partial charge >= 0.3 is 0 Å². The molecule has 1 aromatic rings. The fourth-order valence-corrected chi connectivity index (χ4v) is 3.16. The average molecular weight is 307 g/mol. The third-order valence-corrected chi connectivity index (χ3v) is 4.26. The van der Waals surface area contributed by atoms with E-state index in [2.05, 4.69) is 29.1 Å². The Kier molecular flexibility index (Phi) is 5.94. The number of rotatable bonds is 6. The average Bonchev–Trinajstić information content (AvgIpc) is 2.98. The van der Waals surface area contributed by atoms with Crippen molar-refractivity contribution in [2.75, 3.05) is 32.7 Å². The van der Waals surface area contributed by atoms with Crippen LogP contribution in [0.4, 0.5) is 0 Å². The van der Waals surface area contributed by atoms with E-state index >= 15 is 0 Å². The van der Waals surface area contributed by atoms with Crippen LogP contribution >= 0.6 is 0 Å². The Hall–Kier alpha value is -1.43. The Labute approximate surface area is 133 Å². The lowest BCUT2D eigenvalue weighted by Crippen LogP contribution is -2.38. The predicted molar refractivity (Wildman–Crippen MR) is 86.8 cm³/mol. The molecule has 2 rings (SSSR count). The topological polar surface area (TPSA) is 54.3 Å². The molecule has 6 nitrogen and oxygen atoms in total. The molecule has 1 aliphatic rings. The van der Waals surface area contributed by atoms with Crippen molar-refractivity contribution >= 4 is 5.91 Å². The van der Waals surface area contributed by atoms with Gasteiger partial charge in [-0.15, -0.1) is 5.10 Å². The predicted octanol–water partition coefficient (Wildman–Crippen LogP) is 2.05. The number of hydrogen-bond acceptors (Lipinski definition) is 4. The van der Waals surface area contributed by atoms with Crippen molar-refractivity contribution in [1.82, 2.24) is 24.8 Å². The normalized spacial score (nSPS) is 19.6. The summed E-state index contributed by atoms with van der Waals surface area (Å²) in [5, 5.41) is 8.32. The Morgan fingerprint density at radius 1 is 1.41 bits per heavy atom. The molecule has 1 saturated heterocycles. The molecule has 6 heteroatoms. The highest BCUT2D eigenvalue weighted by atomic mass is 16.2. The molecule has 0 N–H and O–H groups in total. The van der Waals surface area contributed by atoms with Gasteiger partial charge in [0.05, 0.1) is 12.2 Å². The number of amides is 1. The van der Waals surface area contributed by atoms with Gasteiger partial charge < -0.3 is 9.80 Å². The smallest absolute Gasteiger partial charge is 0.276 e. The van der Waals surface area contributed by atoms with Gasteiger partial charge in [0.25, 0.3) is 5.91 Å². The minimum Gasteiger partial charge on any atom is -0.338 e. The largest absolute Gasteiger partial charge is 0.338 e. The van der Waals surface area contributed by atoms with E-state index in [9.17, 15) is 4.79 Å².